The first kappa shape index (κ1) is 13.0. The molecule has 7 nitrogen and oxygen atoms in total. The Morgan fingerprint density at radius 1 is 1.41 bits per heavy atom. The normalized spacial score (nSPS) is 13.4. The van der Waals surface area contributed by atoms with Crippen LogP contribution in [-0.4, -0.2) is 31.0 Å². The summed E-state index contributed by atoms with van der Waals surface area (Å²) in [7, 11) is 0. The van der Waals surface area contributed by atoms with E-state index in [0.29, 0.717) is 18.8 Å². The van der Waals surface area contributed by atoms with Crippen molar-refractivity contribution in [2.24, 2.45) is 0 Å². The van der Waals surface area contributed by atoms with Gasteiger partial charge in [0, 0.05) is 18.3 Å². The van der Waals surface area contributed by atoms with E-state index in [-0.39, 0.29) is 11.9 Å². The molecule has 3 N–H and O–H groups in total. The number of nitrogens with zero attached hydrogens (tertiary/aromatic N) is 4. The zero-order chi connectivity index (χ0) is 15.1. The van der Waals surface area contributed by atoms with Crippen LogP contribution in [0.5, 0.6) is 0 Å². The fourth-order valence-electron chi connectivity index (χ4n) is 2.46. The summed E-state index contributed by atoms with van der Waals surface area (Å²) in [5.74, 6) is 0.100. The molecule has 3 aromatic rings. The quantitative estimate of drug-likeness (QED) is 0.749. The van der Waals surface area contributed by atoms with Crippen molar-refractivity contribution in [3.63, 3.8) is 0 Å². The van der Waals surface area contributed by atoms with Gasteiger partial charge in [-0.2, -0.15) is 5.10 Å². The van der Waals surface area contributed by atoms with Gasteiger partial charge in [0.2, 0.25) is 5.95 Å². The molecule has 4 heterocycles. The number of nitrogens with one attached hydrogen (secondary N) is 1. The van der Waals surface area contributed by atoms with Crippen LogP contribution in [-0.2, 0) is 13.1 Å². The van der Waals surface area contributed by atoms with Gasteiger partial charge in [0.05, 0.1) is 22.8 Å². The van der Waals surface area contributed by atoms with E-state index in [2.05, 4.69) is 20.2 Å². The van der Waals surface area contributed by atoms with Crippen LogP contribution in [0.3, 0.4) is 0 Å². The van der Waals surface area contributed by atoms with Crippen LogP contribution in [0.25, 0.3) is 10.6 Å². The second-order valence-corrected chi connectivity index (χ2v) is 5.95. The van der Waals surface area contributed by atoms with Gasteiger partial charge >= 0.3 is 0 Å². The van der Waals surface area contributed by atoms with Crippen molar-refractivity contribution < 1.29 is 4.79 Å². The monoisotopic (exact) mass is 312 g/mol. The maximum Gasteiger partial charge on any atom is 0.275 e. The highest BCUT2D eigenvalue weighted by atomic mass is 32.1. The molecule has 4 rings (SSSR count). The molecule has 0 fully saturated rings. The van der Waals surface area contributed by atoms with E-state index >= 15 is 0 Å². The van der Waals surface area contributed by atoms with E-state index in [1.807, 2.05) is 17.5 Å². The Morgan fingerprint density at radius 2 is 2.32 bits per heavy atom. The zero-order valence-corrected chi connectivity index (χ0v) is 12.3. The molecule has 8 heteroatoms. The number of anilines is 1. The molecule has 0 unspecified atom stereocenters. The third kappa shape index (κ3) is 2.13. The Hall–Kier alpha value is -2.74. The minimum atomic E-state index is -0.129. The van der Waals surface area contributed by atoms with Gasteiger partial charge in [-0.3, -0.25) is 9.89 Å². The fourth-order valence-corrected chi connectivity index (χ4v) is 3.16. The third-order valence-corrected chi connectivity index (χ3v) is 4.45. The average Bonchev–Trinajstić information content (AvgIpc) is 3.24. The maximum atomic E-state index is 12.6. The van der Waals surface area contributed by atoms with E-state index in [4.69, 9.17) is 5.73 Å². The summed E-state index contributed by atoms with van der Waals surface area (Å²) in [6.07, 6.45) is 1.67. The molecule has 0 saturated carbocycles. The standard InChI is InChI=1S/C14H12N6OS/c15-14-16-5-8-6-20(7-11(8)17-14)13(21)10-4-9(18-19-10)12-2-1-3-22-12/h1-5H,6-7H2,(H,18,19)(H2,15,16,17). The minimum Gasteiger partial charge on any atom is -0.368 e. The summed E-state index contributed by atoms with van der Waals surface area (Å²) in [5, 5.41) is 9.02. The lowest BCUT2D eigenvalue weighted by Gasteiger charge is -2.12. The van der Waals surface area contributed by atoms with Crippen LogP contribution in [0, 0.1) is 0 Å². The molecule has 3 aromatic heterocycles. The number of hydrogen-bond donors (Lipinski definition) is 2. The SMILES string of the molecule is Nc1ncc2c(n1)CN(C(=O)c1cc(-c3cccs3)[nH]n1)C2. The van der Waals surface area contributed by atoms with E-state index in [1.165, 1.54) is 0 Å². The van der Waals surface area contributed by atoms with E-state index in [9.17, 15) is 4.79 Å². The number of H-pyrrole nitrogens is 1. The third-order valence-electron chi connectivity index (χ3n) is 3.55. The zero-order valence-electron chi connectivity index (χ0n) is 11.5. The first-order chi connectivity index (χ1) is 10.7. The van der Waals surface area contributed by atoms with Gasteiger partial charge in [-0.05, 0) is 17.5 Å². The number of carbonyl (C=O) groups excluding carboxylic acids is 1. The summed E-state index contributed by atoms with van der Waals surface area (Å²) in [6, 6.07) is 5.72. The number of nitrogen functional groups attached to an aromatic ring is 1. The highest BCUT2D eigenvalue weighted by Crippen LogP contribution is 2.25. The minimum absolute atomic E-state index is 0.129. The molecule has 1 aliphatic heterocycles. The van der Waals surface area contributed by atoms with Gasteiger partial charge in [-0.15, -0.1) is 11.3 Å². The lowest BCUT2D eigenvalue weighted by molar-refractivity contribution is 0.0744. The second-order valence-electron chi connectivity index (χ2n) is 5.01. The van der Waals surface area contributed by atoms with Crippen molar-refractivity contribution in [3.05, 3.63) is 46.7 Å². The molecule has 0 saturated heterocycles. The Morgan fingerprint density at radius 3 is 3.14 bits per heavy atom. The van der Waals surface area contributed by atoms with Gasteiger partial charge in [-0.25, -0.2) is 9.97 Å². The summed E-state index contributed by atoms with van der Waals surface area (Å²) in [6.45, 7) is 0.914. The van der Waals surface area contributed by atoms with Crippen LogP contribution in [0.4, 0.5) is 5.95 Å². The number of carbonyl (C=O) groups is 1. The highest BCUT2D eigenvalue weighted by Gasteiger charge is 2.27. The average molecular weight is 312 g/mol. The Bertz CT molecular complexity index is 841. The lowest BCUT2D eigenvalue weighted by atomic mass is 10.3. The number of aromatic nitrogens is 4. The molecular formula is C14H12N6OS. The number of aromatic amines is 1. The van der Waals surface area contributed by atoms with E-state index in [1.54, 1.807) is 28.5 Å². The first-order valence-electron chi connectivity index (χ1n) is 6.69. The van der Waals surface area contributed by atoms with Crippen molar-refractivity contribution in [3.8, 4) is 10.6 Å². The largest absolute Gasteiger partial charge is 0.368 e. The summed E-state index contributed by atoms with van der Waals surface area (Å²) in [5.41, 5.74) is 8.55. The number of fused-ring (bicyclic) bond motifs is 1. The number of amides is 1. The van der Waals surface area contributed by atoms with Crippen molar-refractivity contribution in [1.82, 2.24) is 25.1 Å². The molecule has 22 heavy (non-hydrogen) atoms. The number of thiophene rings is 1. The molecule has 0 aliphatic carbocycles. The van der Waals surface area contributed by atoms with Crippen LogP contribution in [0.15, 0.2) is 29.8 Å². The molecule has 110 valence electrons. The summed E-state index contributed by atoms with van der Waals surface area (Å²) in [4.78, 5) is 23.4. The number of hydrogen-bond acceptors (Lipinski definition) is 6. The van der Waals surface area contributed by atoms with Crippen molar-refractivity contribution >= 4 is 23.2 Å². The number of nitrogens with two attached hydrogens (primary N) is 1. The first-order valence-corrected chi connectivity index (χ1v) is 7.57. The maximum absolute atomic E-state index is 12.6. The van der Waals surface area contributed by atoms with Gasteiger partial charge in [0.15, 0.2) is 5.69 Å². The second kappa shape index (κ2) is 4.92. The lowest BCUT2D eigenvalue weighted by Crippen LogP contribution is -2.25. The molecule has 0 radical (unpaired) electrons. The van der Waals surface area contributed by atoms with Gasteiger partial charge in [0.25, 0.3) is 5.91 Å². The molecular weight excluding hydrogens is 300 g/mol. The van der Waals surface area contributed by atoms with Crippen molar-refractivity contribution in [1.29, 1.82) is 0 Å². The van der Waals surface area contributed by atoms with Crippen LogP contribution in [0.1, 0.15) is 21.7 Å². The van der Waals surface area contributed by atoms with Crippen molar-refractivity contribution in [2.45, 2.75) is 13.1 Å². The topological polar surface area (TPSA) is 101 Å². The Balaban J connectivity index is 1.56. The molecule has 0 bridgehead atoms. The molecule has 0 spiro atoms. The highest BCUT2D eigenvalue weighted by molar-refractivity contribution is 7.13. The molecule has 0 aromatic carbocycles. The smallest absolute Gasteiger partial charge is 0.275 e. The van der Waals surface area contributed by atoms with Crippen LogP contribution < -0.4 is 5.73 Å². The Kier molecular flexibility index (Phi) is 2.90. The van der Waals surface area contributed by atoms with E-state index < -0.39 is 0 Å². The molecule has 1 amide bonds. The van der Waals surface area contributed by atoms with Gasteiger partial charge < -0.3 is 10.6 Å². The summed E-state index contributed by atoms with van der Waals surface area (Å²) < 4.78 is 0. The van der Waals surface area contributed by atoms with Gasteiger partial charge in [-0.1, -0.05) is 6.07 Å². The van der Waals surface area contributed by atoms with Gasteiger partial charge in [0.1, 0.15) is 0 Å². The Labute approximate surface area is 129 Å². The molecule has 0 atom stereocenters. The predicted octanol–water partition coefficient (Wildman–Crippen LogP) is 1.67. The van der Waals surface area contributed by atoms with Crippen LogP contribution in [0.2, 0.25) is 0 Å². The molecule has 1 aliphatic rings. The predicted molar refractivity (Wildman–Crippen MR) is 81.9 cm³/mol. The summed E-state index contributed by atoms with van der Waals surface area (Å²) >= 11 is 1.60. The van der Waals surface area contributed by atoms with Crippen molar-refractivity contribution in [2.75, 3.05) is 5.73 Å². The fraction of sp³-hybridized carbons (Fsp3) is 0.143. The number of rotatable bonds is 2. The van der Waals surface area contributed by atoms with Crippen LogP contribution >= 0.6 is 11.3 Å². The van der Waals surface area contributed by atoms with E-state index in [0.717, 1.165) is 21.8 Å².